The molecule has 0 aromatic rings. The third-order valence-corrected chi connectivity index (χ3v) is 12.2. The topological polar surface area (TPSA) is 78.9 Å². The van der Waals surface area contributed by atoms with Crippen molar-refractivity contribution < 1.29 is 28.6 Å². The summed E-state index contributed by atoms with van der Waals surface area (Å²) < 4.78 is 16.8. The van der Waals surface area contributed by atoms with Crippen molar-refractivity contribution in [1.29, 1.82) is 0 Å². The maximum Gasteiger partial charge on any atom is 0.306 e. The van der Waals surface area contributed by atoms with Crippen molar-refractivity contribution in [3.63, 3.8) is 0 Å². The third-order valence-electron chi connectivity index (χ3n) is 12.2. The van der Waals surface area contributed by atoms with Gasteiger partial charge < -0.3 is 14.2 Å². The van der Waals surface area contributed by atoms with Gasteiger partial charge in [0.15, 0.2) is 6.10 Å². The largest absolute Gasteiger partial charge is 0.462 e. The quantitative estimate of drug-likeness (QED) is 0.0199. The average molecular weight is 972 g/mol. The summed E-state index contributed by atoms with van der Waals surface area (Å²) in [5, 5.41) is 0. The lowest BCUT2D eigenvalue weighted by Crippen LogP contribution is -2.30. The van der Waals surface area contributed by atoms with Gasteiger partial charge in [-0.1, -0.05) is 259 Å². The molecule has 0 aromatic heterocycles. The number of allylic oxidation sites excluding steroid dienone is 18. The third kappa shape index (κ3) is 55.0. The molecule has 0 aliphatic heterocycles. The van der Waals surface area contributed by atoms with E-state index in [0.29, 0.717) is 19.3 Å². The summed E-state index contributed by atoms with van der Waals surface area (Å²) in [6.07, 6.45) is 77.8. The van der Waals surface area contributed by atoms with Crippen molar-refractivity contribution in [3.8, 4) is 0 Å². The fourth-order valence-corrected chi connectivity index (χ4v) is 7.81. The van der Waals surface area contributed by atoms with Gasteiger partial charge in [-0.2, -0.15) is 0 Å². The fraction of sp³-hybridized carbons (Fsp3) is 0.672. The van der Waals surface area contributed by atoms with Gasteiger partial charge in [0.1, 0.15) is 13.2 Å². The van der Waals surface area contributed by atoms with Crippen molar-refractivity contribution in [3.05, 3.63) is 109 Å². The van der Waals surface area contributed by atoms with Gasteiger partial charge in [-0.05, 0) is 89.9 Å². The Labute approximate surface area is 431 Å². The van der Waals surface area contributed by atoms with Crippen LogP contribution in [-0.2, 0) is 28.6 Å². The van der Waals surface area contributed by atoms with E-state index in [1.54, 1.807) is 0 Å². The molecule has 0 bridgehead atoms. The molecule has 0 aromatic carbocycles. The molecule has 70 heavy (non-hydrogen) atoms. The lowest BCUT2D eigenvalue weighted by atomic mass is 10.1. The maximum absolute atomic E-state index is 12.8. The van der Waals surface area contributed by atoms with E-state index in [1.807, 2.05) is 60.8 Å². The van der Waals surface area contributed by atoms with E-state index >= 15 is 0 Å². The minimum atomic E-state index is -0.809. The zero-order chi connectivity index (χ0) is 50.7. The van der Waals surface area contributed by atoms with Crippen LogP contribution in [0.15, 0.2) is 109 Å². The molecular weight excluding hydrogens is 865 g/mol. The van der Waals surface area contributed by atoms with E-state index in [4.69, 9.17) is 14.2 Å². The summed E-state index contributed by atoms with van der Waals surface area (Å²) in [7, 11) is 0. The highest BCUT2D eigenvalue weighted by atomic mass is 16.6. The predicted octanol–water partition coefficient (Wildman–Crippen LogP) is 19.5. The normalized spacial score (nSPS) is 12.9. The number of esters is 3. The van der Waals surface area contributed by atoms with Gasteiger partial charge in [0.2, 0.25) is 0 Å². The van der Waals surface area contributed by atoms with Gasteiger partial charge in [-0.25, -0.2) is 0 Å². The van der Waals surface area contributed by atoms with Gasteiger partial charge in [0.25, 0.3) is 0 Å². The molecule has 0 saturated carbocycles. The van der Waals surface area contributed by atoms with Crippen LogP contribution < -0.4 is 0 Å². The molecule has 6 heteroatoms. The minimum absolute atomic E-state index is 0.102. The lowest BCUT2D eigenvalue weighted by molar-refractivity contribution is -0.167. The molecule has 0 amide bonds. The first kappa shape index (κ1) is 66.1. The van der Waals surface area contributed by atoms with Gasteiger partial charge in [-0.3, -0.25) is 14.4 Å². The Kier molecular flexibility index (Phi) is 54.4. The standard InChI is InChI=1S/C64H106O6/c1-4-7-10-13-16-19-22-25-28-31-32-34-36-39-42-45-48-51-54-57-63(66)69-60-61(59-68-62(65)56-53-50-47-44-41-38-35-30-27-24-21-18-15-12-9-6-3)70-64(67)58-55-52-49-46-43-40-37-33-29-26-23-20-17-14-11-8-5-2/h8,11,14,16-17,19-20,22-23,25-26,29-30,33,35,37,40,43,61H,4-7,9-10,12-13,15,18,21,24,27-28,31-32,34,36,38-39,41-42,44-60H2,1-3H3/b11-8-,17-14-,19-16-,23-20-,25-22-,29-26-,35-30-,37-33+,43-40-. The van der Waals surface area contributed by atoms with E-state index in [0.717, 1.165) is 77.0 Å². The SMILES string of the molecule is CC\C=C/C=C\C=C/C=C\C=C\C=C/CCCCCC(=O)OC(COC(=O)CCCCCCC/C=C\CCCCCCCCC)COC(=O)CCCCCCCCCCCC/C=C\C=C/CCCCC. The summed E-state index contributed by atoms with van der Waals surface area (Å²) in [6, 6.07) is 0. The first-order chi connectivity index (χ1) is 34.5. The molecule has 1 unspecified atom stereocenters. The molecule has 0 radical (unpaired) electrons. The Bertz CT molecular complexity index is 1440. The maximum atomic E-state index is 12.8. The van der Waals surface area contributed by atoms with Crippen molar-refractivity contribution in [1.82, 2.24) is 0 Å². The molecule has 1 atom stereocenters. The van der Waals surface area contributed by atoms with Crippen LogP contribution in [0.4, 0.5) is 0 Å². The Hall–Kier alpha value is -3.93. The summed E-state index contributed by atoms with van der Waals surface area (Å²) in [5.41, 5.74) is 0. The zero-order valence-corrected chi connectivity index (χ0v) is 45.5. The van der Waals surface area contributed by atoms with Crippen LogP contribution in [0.25, 0.3) is 0 Å². The van der Waals surface area contributed by atoms with Gasteiger partial charge in [0.05, 0.1) is 0 Å². The lowest BCUT2D eigenvalue weighted by Gasteiger charge is -2.18. The van der Waals surface area contributed by atoms with Crippen molar-refractivity contribution >= 4 is 17.9 Å². The zero-order valence-electron chi connectivity index (χ0n) is 45.5. The molecular formula is C64H106O6. The highest BCUT2D eigenvalue weighted by Crippen LogP contribution is 2.15. The number of hydrogen-bond acceptors (Lipinski definition) is 6. The number of carbonyl (C=O) groups excluding carboxylic acids is 3. The number of unbranched alkanes of at least 4 members (excludes halogenated alkanes) is 28. The van der Waals surface area contributed by atoms with E-state index in [2.05, 4.69) is 69.4 Å². The summed E-state index contributed by atoms with van der Waals surface area (Å²) in [4.78, 5) is 38.2. The van der Waals surface area contributed by atoms with Crippen LogP contribution >= 0.6 is 0 Å². The molecule has 0 fully saturated rings. The number of carbonyl (C=O) groups is 3. The van der Waals surface area contributed by atoms with Gasteiger partial charge in [0, 0.05) is 19.3 Å². The molecule has 0 spiro atoms. The van der Waals surface area contributed by atoms with Crippen LogP contribution in [0.3, 0.4) is 0 Å². The van der Waals surface area contributed by atoms with Gasteiger partial charge >= 0.3 is 17.9 Å². The van der Waals surface area contributed by atoms with E-state index in [-0.39, 0.29) is 37.5 Å². The van der Waals surface area contributed by atoms with Crippen LogP contribution in [0.2, 0.25) is 0 Å². The Morgan fingerprint density at radius 2 is 0.571 bits per heavy atom. The highest BCUT2D eigenvalue weighted by Gasteiger charge is 2.19. The number of ether oxygens (including phenoxy) is 3. The summed E-state index contributed by atoms with van der Waals surface area (Å²) in [6.45, 7) is 6.43. The van der Waals surface area contributed by atoms with Crippen LogP contribution in [0, 0.1) is 0 Å². The van der Waals surface area contributed by atoms with Crippen LogP contribution in [0.5, 0.6) is 0 Å². The second kappa shape index (κ2) is 57.6. The molecule has 398 valence electrons. The molecule has 0 N–H and O–H groups in total. The van der Waals surface area contributed by atoms with Crippen LogP contribution in [-0.4, -0.2) is 37.2 Å². The molecule has 6 nitrogen and oxygen atoms in total. The Balaban J connectivity index is 4.49. The van der Waals surface area contributed by atoms with E-state index < -0.39 is 6.10 Å². The van der Waals surface area contributed by atoms with Crippen molar-refractivity contribution in [2.24, 2.45) is 0 Å². The molecule has 0 heterocycles. The highest BCUT2D eigenvalue weighted by molar-refractivity contribution is 5.71. The Morgan fingerprint density at radius 3 is 0.971 bits per heavy atom. The van der Waals surface area contributed by atoms with E-state index in [9.17, 15) is 14.4 Å². The van der Waals surface area contributed by atoms with Gasteiger partial charge in [-0.15, -0.1) is 0 Å². The second-order valence-electron chi connectivity index (χ2n) is 19.0. The fourth-order valence-electron chi connectivity index (χ4n) is 7.81. The summed E-state index contributed by atoms with van der Waals surface area (Å²) >= 11 is 0. The molecule has 0 aliphatic carbocycles. The van der Waals surface area contributed by atoms with E-state index in [1.165, 1.54) is 135 Å². The monoisotopic (exact) mass is 971 g/mol. The summed E-state index contributed by atoms with van der Waals surface area (Å²) in [5.74, 6) is -0.956. The first-order valence-electron chi connectivity index (χ1n) is 29.0. The minimum Gasteiger partial charge on any atom is -0.462 e. The smallest absolute Gasteiger partial charge is 0.306 e. The van der Waals surface area contributed by atoms with Crippen LogP contribution in [0.1, 0.15) is 258 Å². The second-order valence-corrected chi connectivity index (χ2v) is 19.0. The molecule has 0 aliphatic rings. The Morgan fingerprint density at radius 1 is 0.300 bits per heavy atom. The molecule has 0 saturated heterocycles. The molecule has 0 rings (SSSR count). The number of hydrogen-bond donors (Lipinski definition) is 0. The van der Waals surface area contributed by atoms with Crippen molar-refractivity contribution in [2.75, 3.05) is 13.2 Å². The average Bonchev–Trinajstić information content (AvgIpc) is 3.36. The number of rotatable bonds is 51. The predicted molar refractivity (Wildman–Crippen MR) is 302 cm³/mol. The first-order valence-corrected chi connectivity index (χ1v) is 29.0. The van der Waals surface area contributed by atoms with Crippen molar-refractivity contribution in [2.45, 2.75) is 264 Å².